The molecule has 1 fully saturated rings. The minimum absolute atomic E-state index is 0.0793. The molecule has 0 bridgehead atoms. The zero-order chi connectivity index (χ0) is 39.7. The monoisotopic (exact) mass is 804 g/mol. The van der Waals surface area contributed by atoms with E-state index < -0.39 is 53.7 Å². The van der Waals surface area contributed by atoms with Crippen molar-refractivity contribution in [3.05, 3.63) is 90.1 Å². The predicted octanol–water partition coefficient (Wildman–Crippen LogP) is 0.615. The standard InChI is InChI=1S/C38H48N10O6S2/c39-13-6-11-29-36(52)48-31(18-25-20-42-28-10-5-4-9-27(25)28)35(51)43-22-34(50)41-14-16-56-55-15-12-33(49)45-32(19-26-21-40-23-44-26)38(54)47-30(37(53)46-29)17-24-7-2-1-3-8-24/h1-5,7-10,20-21,23,29-32,42H,6,11-19,22,39H2,(H,40,44)(H,41,50)(H,43,51)(H,45,49)(H,46,53)(H,47,54)(H,48,52)/t29-,30?,31-,32-/m0/s1. The molecule has 0 saturated carbocycles. The van der Waals surface area contributed by atoms with E-state index in [1.165, 1.54) is 27.9 Å². The minimum Gasteiger partial charge on any atom is -0.361 e. The third kappa shape index (κ3) is 12.9. The number of nitrogens with two attached hydrogens (primary N) is 1. The molecule has 6 amide bonds. The Balaban J connectivity index is 1.43. The number of nitrogens with one attached hydrogen (secondary N) is 8. The highest BCUT2D eigenvalue weighted by Gasteiger charge is 2.32. The first-order valence-corrected chi connectivity index (χ1v) is 20.9. The second kappa shape index (κ2) is 21.7. The van der Waals surface area contributed by atoms with Crippen molar-refractivity contribution in [3.8, 4) is 0 Å². The molecule has 3 heterocycles. The van der Waals surface area contributed by atoms with Crippen molar-refractivity contribution in [2.45, 2.75) is 62.7 Å². The molecule has 1 unspecified atom stereocenters. The van der Waals surface area contributed by atoms with Crippen LogP contribution in [0, 0.1) is 0 Å². The number of aromatic amines is 2. The summed E-state index contributed by atoms with van der Waals surface area (Å²) >= 11 is 0. The highest BCUT2D eigenvalue weighted by atomic mass is 33.1. The van der Waals surface area contributed by atoms with E-state index in [1.807, 2.05) is 54.6 Å². The van der Waals surface area contributed by atoms with E-state index in [4.69, 9.17) is 5.73 Å². The number of benzene rings is 2. The molecule has 1 aliphatic rings. The number of H-pyrrole nitrogens is 2. The smallest absolute Gasteiger partial charge is 0.243 e. The fourth-order valence-electron chi connectivity index (χ4n) is 6.13. The number of carbonyl (C=O) groups is 6. The fourth-order valence-corrected chi connectivity index (χ4v) is 8.02. The van der Waals surface area contributed by atoms with Crippen molar-refractivity contribution in [2.24, 2.45) is 5.73 Å². The molecule has 4 atom stereocenters. The van der Waals surface area contributed by atoms with Gasteiger partial charge in [-0.2, -0.15) is 0 Å². The van der Waals surface area contributed by atoms with Gasteiger partial charge in [-0.3, -0.25) is 28.8 Å². The molecule has 16 nitrogen and oxygen atoms in total. The van der Waals surface area contributed by atoms with Gasteiger partial charge < -0.3 is 47.6 Å². The van der Waals surface area contributed by atoms with Gasteiger partial charge in [0.25, 0.3) is 0 Å². The van der Waals surface area contributed by atoms with Crippen LogP contribution in [0.5, 0.6) is 0 Å². The largest absolute Gasteiger partial charge is 0.361 e. The Morgan fingerprint density at radius 3 is 2.11 bits per heavy atom. The van der Waals surface area contributed by atoms with Crippen LogP contribution < -0.4 is 37.6 Å². The van der Waals surface area contributed by atoms with Crippen molar-refractivity contribution < 1.29 is 28.8 Å². The van der Waals surface area contributed by atoms with Gasteiger partial charge in [-0.05, 0) is 36.6 Å². The number of amides is 6. The zero-order valence-electron chi connectivity index (χ0n) is 30.8. The summed E-state index contributed by atoms with van der Waals surface area (Å²) in [4.78, 5) is 91.8. The quantitative estimate of drug-likeness (QED) is 0.107. The van der Waals surface area contributed by atoms with E-state index in [-0.39, 0.29) is 51.1 Å². The maximum Gasteiger partial charge on any atom is 0.243 e. The predicted molar refractivity (Wildman–Crippen MR) is 216 cm³/mol. The SMILES string of the molecule is NCCC[C@@H]1NC(=O)C(Cc2ccccc2)NC(=O)[C@H](Cc2cnc[nH]2)NC(=O)CCSSCCNC(=O)CNC(=O)[C@H](Cc2c[nH]c3ccccc23)NC1=O. The van der Waals surface area contributed by atoms with Crippen LogP contribution in [0.4, 0.5) is 0 Å². The highest BCUT2D eigenvalue weighted by molar-refractivity contribution is 8.76. The van der Waals surface area contributed by atoms with Crippen LogP contribution in [0.3, 0.4) is 0 Å². The second-order valence-electron chi connectivity index (χ2n) is 13.2. The van der Waals surface area contributed by atoms with E-state index >= 15 is 0 Å². The summed E-state index contributed by atoms with van der Waals surface area (Å²) in [6.45, 7) is 0.238. The van der Waals surface area contributed by atoms with Crippen molar-refractivity contribution >= 4 is 67.9 Å². The lowest BCUT2D eigenvalue weighted by Crippen LogP contribution is -2.59. The Labute approximate surface area is 332 Å². The molecule has 2 aromatic heterocycles. The first-order valence-electron chi connectivity index (χ1n) is 18.5. The van der Waals surface area contributed by atoms with Gasteiger partial charge in [0.15, 0.2) is 0 Å². The van der Waals surface area contributed by atoms with Gasteiger partial charge >= 0.3 is 0 Å². The second-order valence-corrected chi connectivity index (χ2v) is 15.9. The summed E-state index contributed by atoms with van der Waals surface area (Å²) in [7, 11) is 2.92. The highest BCUT2D eigenvalue weighted by Crippen LogP contribution is 2.21. The summed E-state index contributed by atoms with van der Waals surface area (Å²) in [5.41, 5.74) is 8.80. The van der Waals surface area contributed by atoms with E-state index in [9.17, 15) is 28.8 Å². The molecule has 1 aliphatic heterocycles. The Morgan fingerprint density at radius 2 is 1.36 bits per heavy atom. The summed E-state index contributed by atoms with van der Waals surface area (Å²) in [6.07, 6.45) is 5.66. The number of hydrogen-bond donors (Lipinski definition) is 9. The van der Waals surface area contributed by atoms with Gasteiger partial charge in [0.1, 0.15) is 24.2 Å². The average Bonchev–Trinajstić information content (AvgIpc) is 3.87. The first kappa shape index (κ1) is 41.8. The fraction of sp³-hybridized carbons (Fsp3) is 0.395. The molecule has 298 valence electrons. The maximum absolute atomic E-state index is 14.2. The molecule has 0 radical (unpaired) electrons. The molecule has 0 aliphatic carbocycles. The van der Waals surface area contributed by atoms with Crippen LogP contribution >= 0.6 is 21.6 Å². The van der Waals surface area contributed by atoms with Crippen molar-refractivity contribution in [1.29, 1.82) is 0 Å². The number of hydrogen-bond acceptors (Lipinski definition) is 10. The summed E-state index contributed by atoms with van der Waals surface area (Å²) in [5.74, 6) is -2.24. The molecule has 10 N–H and O–H groups in total. The average molecular weight is 805 g/mol. The Kier molecular flexibility index (Phi) is 16.2. The molecule has 2 aromatic carbocycles. The molecule has 18 heteroatoms. The van der Waals surface area contributed by atoms with E-state index in [0.717, 1.165) is 22.0 Å². The molecular formula is C38H48N10O6S2. The number of rotatable bonds is 9. The van der Waals surface area contributed by atoms with Crippen LogP contribution in [-0.2, 0) is 48.0 Å². The van der Waals surface area contributed by atoms with E-state index in [1.54, 1.807) is 12.4 Å². The molecular weight excluding hydrogens is 757 g/mol. The van der Waals surface area contributed by atoms with Crippen molar-refractivity contribution in [2.75, 3.05) is 31.1 Å². The number of nitrogens with zero attached hydrogens (tertiary/aromatic N) is 1. The van der Waals surface area contributed by atoms with Crippen molar-refractivity contribution in [3.63, 3.8) is 0 Å². The normalized spacial score (nSPS) is 21.6. The molecule has 5 rings (SSSR count). The maximum atomic E-state index is 14.2. The third-order valence-electron chi connectivity index (χ3n) is 9.03. The van der Waals surface area contributed by atoms with Crippen LogP contribution in [0.25, 0.3) is 10.9 Å². The minimum atomic E-state index is -1.16. The number of fused-ring (bicyclic) bond motifs is 1. The summed E-state index contributed by atoms with van der Waals surface area (Å²) in [6, 6.07) is 12.2. The van der Waals surface area contributed by atoms with Crippen molar-refractivity contribution in [1.82, 2.24) is 46.9 Å². The number of para-hydroxylation sites is 1. The molecule has 4 aromatic rings. The Morgan fingerprint density at radius 1 is 0.679 bits per heavy atom. The lowest BCUT2D eigenvalue weighted by Gasteiger charge is -2.26. The van der Waals surface area contributed by atoms with Gasteiger partial charge in [0, 0.05) is 72.7 Å². The van der Waals surface area contributed by atoms with Crippen LogP contribution in [-0.4, -0.2) is 106 Å². The van der Waals surface area contributed by atoms with E-state index in [0.29, 0.717) is 30.2 Å². The lowest BCUT2D eigenvalue weighted by atomic mass is 10.0. The lowest BCUT2D eigenvalue weighted by molar-refractivity contribution is -0.134. The van der Waals surface area contributed by atoms with Gasteiger partial charge in [0.2, 0.25) is 35.4 Å². The van der Waals surface area contributed by atoms with E-state index in [2.05, 4.69) is 46.9 Å². The first-order chi connectivity index (χ1) is 27.2. The topological polar surface area (TPSA) is 245 Å². The Bertz CT molecular complexity index is 1930. The Hall–Kier alpha value is -5.33. The van der Waals surface area contributed by atoms with Gasteiger partial charge in [0.05, 0.1) is 12.9 Å². The summed E-state index contributed by atoms with van der Waals surface area (Å²) in [5, 5.41) is 17.5. The number of imidazole rings is 1. The van der Waals surface area contributed by atoms with Gasteiger partial charge in [-0.15, -0.1) is 0 Å². The van der Waals surface area contributed by atoms with Crippen LogP contribution in [0.2, 0.25) is 0 Å². The van der Waals surface area contributed by atoms with Crippen LogP contribution in [0.15, 0.2) is 73.3 Å². The zero-order valence-corrected chi connectivity index (χ0v) is 32.4. The number of aromatic nitrogens is 3. The molecule has 1 saturated heterocycles. The third-order valence-corrected chi connectivity index (χ3v) is 11.4. The van der Waals surface area contributed by atoms with Gasteiger partial charge in [-0.25, -0.2) is 4.98 Å². The van der Waals surface area contributed by atoms with Gasteiger partial charge in [-0.1, -0.05) is 70.1 Å². The molecule has 0 spiro atoms. The van der Waals surface area contributed by atoms with Crippen LogP contribution in [0.1, 0.15) is 36.1 Å². The molecule has 56 heavy (non-hydrogen) atoms. The summed E-state index contributed by atoms with van der Waals surface area (Å²) < 4.78 is 0. The number of carbonyl (C=O) groups excluding carboxylic acids is 6.